The summed E-state index contributed by atoms with van der Waals surface area (Å²) >= 11 is 0. The van der Waals surface area contributed by atoms with Crippen molar-refractivity contribution in [3.8, 4) is 0 Å². The summed E-state index contributed by atoms with van der Waals surface area (Å²) < 4.78 is 16.8. The Hall–Kier alpha value is -0.730. The van der Waals surface area contributed by atoms with Gasteiger partial charge in [0.1, 0.15) is 24.4 Å². The number of nitrogens with one attached hydrogen (secondary N) is 1. The van der Waals surface area contributed by atoms with Crippen LogP contribution < -0.4 is 5.32 Å². The summed E-state index contributed by atoms with van der Waals surface area (Å²) in [6.45, 7) is 12.9. The van der Waals surface area contributed by atoms with Gasteiger partial charge in [-0.3, -0.25) is 4.79 Å². The van der Waals surface area contributed by atoms with Gasteiger partial charge in [0.05, 0.1) is 11.2 Å². The molecule has 1 aliphatic heterocycles. The van der Waals surface area contributed by atoms with Crippen LogP contribution in [0.1, 0.15) is 48.5 Å². The smallest absolute Gasteiger partial charge is 0.251 e. The maximum absolute atomic E-state index is 12.1. The molecule has 1 rings (SSSR count). The minimum Gasteiger partial charge on any atom is -0.387 e. The normalized spacial score (nSPS) is 31.0. The van der Waals surface area contributed by atoms with E-state index in [-0.39, 0.29) is 0 Å². The van der Waals surface area contributed by atoms with Gasteiger partial charge in [0, 0.05) is 14.2 Å². The fourth-order valence-electron chi connectivity index (χ4n) is 2.45. The van der Waals surface area contributed by atoms with Crippen molar-refractivity contribution in [1.82, 2.24) is 5.32 Å². The van der Waals surface area contributed by atoms with Crippen molar-refractivity contribution in [2.45, 2.75) is 90.2 Å². The van der Waals surface area contributed by atoms with Gasteiger partial charge in [-0.05, 0) is 34.6 Å². The van der Waals surface area contributed by atoms with Crippen molar-refractivity contribution in [3.63, 3.8) is 0 Å². The molecule has 0 saturated carbocycles. The molecule has 24 heavy (non-hydrogen) atoms. The lowest BCUT2D eigenvalue weighted by Crippen LogP contribution is -2.67. The number of carbonyl (C=O) groups is 1. The van der Waals surface area contributed by atoms with Crippen molar-refractivity contribution in [3.05, 3.63) is 0 Å². The summed E-state index contributed by atoms with van der Waals surface area (Å²) in [5.74, 6) is -0.419. The number of aliphatic hydroxyl groups is 2. The Morgan fingerprint density at radius 3 is 1.96 bits per heavy atom. The van der Waals surface area contributed by atoms with Gasteiger partial charge in [0.25, 0.3) is 5.91 Å². The molecular weight excluding hydrogens is 314 g/mol. The molecule has 0 aromatic heterocycles. The number of hydrogen-bond acceptors (Lipinski definition) is 6. The number of ether oxygens (including phenoxy) is 3. The number of amides is 1. The summed E-state index contributed by atoms with van der Waals surface area (Å²) in [4.78, 5) is 12.1. The second kappa shape index (κ2) is 9.10. The van der Waals surface area contributed by atoms with E-state index in [1.165, 1.54) is 14.2 Å². The van der Waals surface area contributed by atoms with Gasteiger partial charge in [-0.2, -0.15) is 0 Å². The molecule has 7 heteroatoms. The highest BCUT2D eigenvalue weighted by atomic mass is 16.6. The van der Waals surface area contributed by atoms with Crippen LogP contribution in [-0.4, -0.2) is 72.0 Å². The van der Waals surface area contributed by atoms with Crippen LogP contribution >= 0.6 is 0 Å². The maximum atomic E-state index is 12.1. The van der Waals surface area contributed by atoms with Gasteiger partial charge >= 0.3 is 0 Å². The average molecular weight is 349 g/mol. The first-order valence-corrected chi connectivity index (χ1v) is 8.40. The Morgan fingerprint density at radius 2 is 1.58 bits per heavy atom. The van der Waals surface area contributed by atoms with Gasteiger partial charge in [-0.15, -0.1) is 0 Å². The van der Waals surface area contributed by atoms with E-state index in [9.17, 15) is 15.0 Å². The highest BCUT2D eigenvalue weighted by molar-refractivity contribution is 5.81. The molecule has 144 valence electrons. The number of likely N-dealkylation sites (N-methyl/N-ethyl adjacent to an activating group) is 1. The molecule has 3 N–H and O–H groups in total. The predicted octanol–water partition coefficient (Wildman–Crippen LogP) is 0.857. The molecule has 1 saturated heterocycles. The van der Waals surface area contributed by atoms with Crippen molar-refractivity contribution >= 4 is 5.91 Å². The lowest BCUT2D eigenvalue weighted by Gasteiger charge is -2.48. The molecular formula is C17H35NO6. The molecule has 0 bridgehead atoms. The van der Waals surface area contributed by atoms with Gasteiger partial charge < -0.3 is 29.7 Å². The molecule has 4 unspecified atom stereocenters. The third kappa shape index (κ3) is 5.67. The van der Waals surface area contributed by atoms with E-state index < -0.39 is 47.6 Å². The summed E-state index contributed by atoms with van der Waals surface area (Å²) in [5.41, 5.74) is -1.48. The Kier molecular flexibility index (Phi) is 8.83. The van der Waals surface area contributed by atoms with E-state index in [4.69, 9.17) is 14.2 Å². The fraction of sp³-hybridized carbons (Fsp3) is 0.941. The lowest BCUT2D eigenvalue weighted by molar-refractivity contribution is -0.278. The first kappa shape index (κ1) is 23.3. The minimum absolute atomic E-state index is 0.419. The molecule has 7 nitrogen and oxygen atoms in total. The number of methoxy groups -OCH3 is 1. The van der Waals surface area contributed by atoms with Crippen LogP contribution in [0.4, 0.5) is 0 Å². The average Bonchev–Trinajstić information content (AvgIpc) is 2.52. The molecule has 1 aliphatic rings. The van der Waals surface area contributed by atoms with Crippen LogP contribution in [0.2, 0.25) is 0 Å². The molecule has 1 heterocycles. The molecule has 0 spiro atoms. The Balaban J connectivity index is 0.00000254. The largest absolute Gasteiger partial charge is 0.387 e. The predicted molar refractivity (Wildman–Crippen MR) is 91.8 cm³/mol. The van der Waals surface area contributed by atoms with E-state index in [0.29, 0.717) is 0 Å². The summed E-state index contributed by atoms with van der Waals surface area (Å²) in [6, 6.07) is 0. The highest BCUT2D eigenvalue weighted by Gasteiger charge is 2.53. The first-order valence-electron chi connectivity index (χ1n) is 8.40. The zero-order valence-corrected chi connectivity index (χ0v) is 16.4. The second-order valence-electron chi connectivity index (χ2n) is 7.08. The number of rotatable bonds is 4. The van der Waals surface area contributed by atoms with Gasteiger partial charge in [-0.25, -0.2) is 0 Å². The van der Waals surface area contributed by atoms with Crippen LogP contribution in [0, 0.1) is 0 Å². The molecule has 0 radical (unpaired) electrons. The van der Waals surface area contributed by atoms with Crippen molar-refractivity contribution in [1.29, 1.82) is 0 Å². The molecule has 0 aromatic carbocycles. The fourth-order valence-corrected chi connectivity index (χ4v) is 2.45. The second-order valence-corrected chi connectivity index (χ2v) is 7.08. The van der Waals surface area contributed by atoms with Crippen molar-refractivity contribution in [2.24, 2.45) is 0 Å². The SMILES string of the molecule is CC.CNC(=O)C1OC(C(C)(C)OC)C(O)C(O)[C@@H]1OC(C)(C)C. The standard InChI is InChI=1S/C15H29NO6.C2H6/c1-14(2,3)22-10-8(17)9(18)12(15(4,5)20-7)21-11(10)13(19)16-6;1-2/h8-12,17-18H,1-7H3,(H,16,19);1-2H3/t8?,9?,10-,11?,12?;/m0./s1. The molecule has 5 atom stereocenters. The van der Waals surface area contributed by atoms with Crippen LogP contribution in [-0.2, 0) is 19.0 Å². The third-order valence-corrected chi connectivity index (χ3v) is 3.79. The molecule has 1 fully saturated rings. The van der Waals surface area contributed by atoms with Crippen LogP contribution in [0.3, 0.4) is 0 Å². The minimum atomic E-state index is -1.27. The number of aliphatic hydroxyl groups excluding tert-OH is 2. The van der Waals surface area contributed by atoms with Gasteiger partial charge in [0.15, 0.2) is 6.10 Å². The number of carbonyl (C=O) groups excluding carboxylic acids is 1. The zero-order chi connectivity index (χ0) is 19.3. The van der Waals surface area contributed by atoms with Gasteiger partial charge in [0.2, 0.25) is 0 Å². The van der Waals surface area contributed by atoms with E-state index in [2.05, 4.69) is 5.32 Å². The Morgan fingerprint density at radius 1 is 1.08 bits per heavy atom. The van der Waals surface area contributed by atoms with Crippen molar-refractivity contribution < 1.29 is 29.2 Å². The van der Waals surface area contributed by atoms with E-state index in [0.717, 1.165) is 0 Å². The monoisotopic (exact) mass is 349 g/mol. The molecule has 0 aromatic rings. The van der Waals surface area contributed by atoms with Crippen LogP contribution in [0.15, 0.2) is 0 Å². The van der Waals surface area contributed by atoms with Crippen LogP contribution in [0.25, 0.3) is 0 Å². The summed E-state index contributed by atoms with van der Waals surface area (Å²) in [7, 11) is 2.96. The lowest BCUT2D eigenvalue weighted by atomic mass is 9.86. The Labute approximate surface area is 145 Å². The third-order valence-electron chi connectivity index (χ3n) is 3.79. The maximum Gasteiger partial charge on any atom is 0.251 e. The summed E-state index contributed by atoms with van der Waals surface area (Å²) in [6.07, 6.45) is -5.38. The molecule has 1 amide bonds. The first-order chi connectivity index (χ1) is 10.9. The topological polar surface area (TPSA) is 97.3 Å². The van der Waals surface area contributed by atoms with E-state index in [1.807, 2.05) is 13.8 Å². The quantitative estimate of drug-likeness (QED) is 0.696. The molecule has 0 aliphatic carbocycles. The van der Waals surface area contributed by atoms with E-state index in [1.54, 1.807) is 34.6 Å². The van der Waals surface area contributed by atoms with E-state index >= 15 is 0 Å². The zero-order valence-electron chi connectivity index (χ0n) is 16.4. The number of hydrogen-bond donors (Lipinski definition) is 3. The highest BCUT2D eigenvalue weighted by Crippen LogP contribution is 2.33. The van der Waals surface area contributed by atoms with Crippen molar-refractivity contribution in [2.75, 3.05) is 14.2 Å². The van der Waals surface area contributed by atoms with Gasteiger partial charge in [-0.1, -0.05) is 13.8 Å². The Bertz CT molecular complexity index is 393. The van der Waals surface area contributed by atoms with Crippen LogP contribution in [0.5, 0.6) is 0 Å². The summed E-state index contributed by atoms with van der Waals surface area (Å²) in [5, 5.41) is 23.3.